The molecule has 5 rings (SSSR count). The zero-order valence-corrected chi connectivity index (χ0v) is 21.1. The SMILES string of the molecule is COc1cc2nccc(Nc3ccc(NS(=O)(=O)c4ccc(-c5ccccc5)cc4)cc3)c2cc1OC. The lowest BCUT2D eigenvalue weighted by molar-refractivity contribution is 0.356. The third kappa shape index (κ3) is 5.19. The number of rotatable bonds is 8. The summed E-state index contributed by atoms with van der Waals surface area (Å²) in [6.07, 6.45) is 1.71. The third-order valence-corrected chi connectivity index (χ3v) is 7.33. The summed E-state index contributed by atoms with van der Waals surface area (Å²) in [5.74, 6) is 1.21. The van der Waals surface area contributed by atoms with Gasteiger partial charge in [0, 0.05) is 34.7 Å². The molecule has 8 heteroatoms. The van der Waals surface area contributed by atoms with Crippen LogP contribution in [0.4, 0.5) is 17.1 Å². The Morgan fingerprint density at radius 2 is 1.32 bits per heavy atom. The number of ether oxygens (including phenoxy) is 2. The fourth-order valence-corrected chi connectivity index (χ4v) is 5.09. The number of hydrogen-bond donors (Lipinski definition) is 2. The fourth-order valence-electron chi connectivity index (χ4n) is 4.03. The Morgan fingerprint density at radius 3 is 2.00 bits per heavy atom. The highest BCUT2D eigenvalue weighted by Gasteiger charge is 2.15. The van der Waals surface area contributed by atoms with Gasteiger partial charge in [-0.25, -0.2) is 8.42 Å². The van der Waals surface area contributed by atoms with Crippen LogP contribution < -0.4 is 19.5 Å². The first-order chi connectivity index (χ1) is 18.0. The molecule has 0 unspecified atom stereocenters. The van der Waals surface area contributed by atoms with Crippen molar-refractivity contribution in [2.45, 2.75) is 4.90 Å². The van der Waals surface area contributed by atoms with Crippen LogP contribution in [0.2, 0.25) is 0 Å². The van der Waals surface area contributed by atoms with Crippen LogP contribution in [0.1, 0.15) is 0 Å². The summed E-state index contributed by atoms with van der Waals surface area (Å²) in [6.45, 7) is 0. The van der Waals surface area contributed by atoms with Gasteiger partial charge in [-0.3, -0.25) is 9.71 Å². The maximum absolute atomic E-state index is 12.9. The summed E-state index contributed by atoms with van der Waals surface area (Å²) in [4.78, 5) is 4.62. The van der Waals surface area contributed by atoms with Gasteiger partial charge in [0.2, 0.25) is 0 Å². The molecular weight excluding hydrogens is 486 g/mol. The monoisotopic (exact) mass is 511 g/mol. The van der Waals surface area contributed by atoms with Gasteiger partial charge in [-0.15, -0.1) is 0 Å². The lowest BCUT2D eigenvalue weighted by Gasteiger charge is -2.14. The van der Waals surface area contributed by atoms with Gasteiger partial charge in [0.25, 0.3) is 10.0 Å². The van der Waals surface area contributed by atoms with Crippen LogP contribution in [0.5, 0.6) is 11.5 Å². The van der Waals surface area contributed by atoms with Crippen LogP contribution in [0.3, 0.4) is 0 Å². The van der Waals surface area contributed by atoms with Crippen molar-refractivity contribution >= 4 is 38.0 Å². The van der Waals surface area contributed by atoms with Crippen molar-refractivity contribution in [3.8, 4) is 22.6 Å². The van der Waals surface area contributed by atoms with Crippen molar-refractivity contribution in [2.75, 3.05) is 24.3 Å². The molecule has 2 N–H and O–H groups in total. The molecule has 0 radical (unpaired) electrons. The van der Waals surface area contributed by atoms with E-state index in [0.717, 1.165) is 33.4 Å². The van der Waals surface area contributed by atoms with Gasteiger partial charge in [0.1, 0.15) is 0 Å². The Hall–Kier alpha value is -4.56. The van der Waals surface area contributed by atoms with Gasteiger partial charge >= 0.3 is 0 Å². The maximum Gasteiger partial charge on any atom is 0.261 e. The second-order valence-corrected chi connectivity index (χ2v) is 9.96. The zero-order valence-electron chi connectivity index (χ0n) is 20.3. The molecule has 0 fully saturated rings. The van der Waals surface area contributed by atoms with Gasteiger partial charge in [0.05, 0.1) is 24.6 Å². The van der Waals surface area contributed by atoms with E-state index in [9.17, 15) is 8.42 Å². The van der Waals surface area contributed by atoms with E-state index in [0.29, 0.717) is 17.2 Å². The number of sulfonamides is 1. The quantitative estimate of drug-likeness (QED) is 0.248. The van der Waals surface area contributed by atoms with E-state index in [-0.39, 0.29) is 4.90 Å². The average molecular weight is 512 g/mol. The number of nitrogens with zero attached hydrogens (tertiary/aromatic N) is 1. The molecule has 0 bridgehead atoms. The van der Waals surface area contributed by atoms with Gasteiger partial charge in [-0.2, -0.15) is 0 Å². The molecule has 0 saturated carbocycles. The number of benzene rings is 4. The molecule has 0 saturated heterocycles. The Balaban J connectivity index is 1.33. The smallest absolute Gasteiger partial charge is 0.261 e. The largest absolute Gasteiger partial charge is 0.493 e. The number of pyridine rings is 1. The van der Waals surface area contributed by atoms with Gasteiger partial charge in [-0.05, 0) is 59.7 Å². The Kier molecular flexibility index (Phi) is 6.66. The van der Waals surface area contributed by atoms with Crippen molar-refractivity contribution in [2.24, 2.45) is 0 Å². The first-order valence-electron chi connectivity index (χ1n) is 11.5. The van der Waals surface area contributed by atoms with E-state index < -0.39 is 10.0 Å². The van der Waals surface area contributed by atoms with Crippen LogP contribution >= 0.6 is 0 Å². The molecule has 1 aromatic heterocycles. The van der Waals surface area contributed by atoms with E-state index in [2.05, 4.69) is 15.0 Å². The first kappa shape index (κ1) is 24.1. The summed E-state index contributed by atoms with van der Waals surface area (Å²) in [7, 11) is -0.559. The summed E-state index contributed by atoms with van der Waals surface area (Å²) >= 11 is 0. The molecule has 0 amide bonds. The number of fused-ring (bicyclic) bond motifs is 1. The van der Waals surface area contributed by atoms with Gasteiger partial charge < -0.3 is 14.8 Å². The molecule has 37 heavy (non-hydrogen) atoms. The predicted molar refractivity (Wildman–Crippen MR) is 147 cm³/mol. The van der Waals surface area contributed by atoms with Gasteiger partial charge in [-0.1, -0.05) is 42.5 Å². The van der Waals surface area contributed by atoms with E-state index >= 15 is 0 Å². The summed E-state index contributed by atoms with van der Waals surface area (Å²) in [5.41, 5.74) is 4.82. The lowest BCUT2D eigenvalue weighted by atomic mass is 10.1. The summed E-state index contributed by atoms with van der Waals surface area (Å²) < 4.78 is 39.3. The molecule has 186 valence electrons. The molecule has 0 aliphatic rings. The normalized spacial score (nSPS) is 11.2. The molecule has 1 heterocycles. The average Bonchev–Trinajstić information content (AvgIpc) is 2.94. The minimum atomic E-state index is -3.73. The molecule has 5 aromatic rings. The Bertz CT molecular complexity index is 1640. The van der Waals surface area contributed by atoms with Crippen LogP contribution in [-0.4, -0.2) is 27.6 Å². The van der Waals surface area contributed by atoms with E-state index in [4.69, 9.17) is 9.47 Å². The number of aromatic nitrogens is 1. The highest BCUT2D eigenvalue weighted by molar-refractivity contribution is 7.92. The molecule has 0 aliphatic heterocycles. The van der Waals surface area contributed by atoms with Crippen molar-refractivity contribution in [3.05, 3.63) is 103 Å². The Morgan fingerprint density at radius 1 is 0.703 bits per heavy atom. The third-order valence-electron chi connectivity index (χ3n) is 5.93. The molecule has 0 aliphatic carbocycles. The van der Waals surface area contributed by atoms with E-state index in [1.54, 1.807) is 56.8 Å². The highest BCUT2D eigenvalue weighted by atomic mass is 32.2. The minimum Gasteiger partial charge on any atom is -0.493 e. The van der Waals surface area contributed by atoms with Crippen LogP contribution in [0, 0.1) is 0 Å². The molecule has 4 aromatic carbocycles. The molecular formula is C29H25N3O4S. The van der Waals surface area contributed by atoms with Crippen molar-refractivity contribution < 1.29 is 17.9 Å². The second-order valence-electron chi connectivity index (χ2n) is 8.28. The zero-order chi connectivity index (χ0) is 25.8. The summed E-state index contributed by atoms with van der Waals surface area (Å²) in [5, 5.41) is 4.23. The molecule has 7 nitrogen and oxygen atoms in total. The number of hydrogen-bond acceptors (Lipinski definition) is 6. The fraction of sp³-hybridized carbons (Fsp3) is 0.0690. The van der Waals surface area contributed by atoms with Crippen molar-refractivity contribution in [3.63, 3.8) is 0 Å². The van der Waals surface area contributed by atoms with Crippen molar-refractivity contribution in [1.82, 2.24) is 4.98 Å². The molecule has 0 spiro atoms. The minimum absolute atomic E-state index is 0.196. The van der Waals surface area contributed by atoms with Crippen LogP contribution in [0.15, 0.2) is 108 Å². The van der Waals surface area contributed by atoms with Crippen molar-refractivity contribution in [1.29, 1.82) is 0 Å². The van der Waals surface area contributed by atoms with E-state index in [1.165, 1.54) is 0 Å². The van der Waals surface area contributed by atoms with Crippen LogP contribution in [0.25, 0.3) is 22.0 Å². The standard InChI is InChI=1S/C29H25N3O4S/c1-35-28-18-25-26(16-17-30-27(25)19-29(28)36-2)31-22-10-12-23(13-11-22)32-37(33,34)24-14-8-21(9-15-24)20-6-4-3-5-7-20/h3-19,32H,1-2H3,(H,30,31). The molecule has 0 atom stereocenters. The number of nitrogens with one attached hydrogen (secondary N) is 2. The van der Waals surface area contributed by atoms with Gasteiger partial charge in [0.15, 0.2) is 11.5 Å². The van der Waals surface area contributed by atoms with Crippen LogP contribution in [-0.2, 0) is 10.0 Å². The number of methoxy groups -OCH3 is 2. The van der Waals surface area contributed by atoms with E-state index in [1.807, 2.05) is 60.7 Å². The number of anilines is 3. The first-order valence-corrected chi connectivity index (χ1v) is 13.0. The predicted octanol–water partition coefficient (Wildman–Crippen LogP) is 6.46. The second kappa shape index (κ2) is 10.2. The lowest BCUT2D eigenvalue weighted by Crippen LogP contribution is -2.12. The Labute approximate surface area is 215 Å². The topological polar surface area (TPSA) is 89.5 Å². The maximum atomic E-state index is 12.9. The summed E-state index contributed by atoms with van der Waals surface area (Å²) in [6, 6.07) is 29.2. The highest BCUT2D eigenvalue weighted by Crippen LogP contribution is 2.35.